The van der Waals surface area contributed by atoms with Crippen LogP contribution >= 0.6 is 11.6 Å². The van der Waals surface area contributed by atoms with E-state index in [0.29, 0.717) is 0 Å². The number of carbonyl (C=O) groups excluding carboxylic acids is 1. The second-order valence-electron chi connectivity index (χ2n) is 7.02. The van der Waals surface area contributed by atoms with Gasteiger partial charge in [-0.25, -0.2) is 17.6 Å². The van der Waals surface area contributed by atoms with Gasteiger partial charge in [-0.2, -0.15) is 0 Å². The van der Waals surface area contributed by atoms with Gasteiger partial charge in [0.1, 0.15) is 5.69 Å². The van der Waals surface area contributed by atoms with Gasteiger partial charge in [0.25, 0.3) is 11.8 Å². The van der Waals surface area contributed by atoms with Crippen molar-refractivity contribution in [3.05, 3.63) is 46.7 Å². The summed E-state index contributed by atoms with van der Waals surface area (Å²) in [7, 11) is 1.52. The first-order valence-corrected chi connectivity index (χ1v) is 9.62. The largest absolute Gasteiger partial charge is 0.593 e. The van der Waals surface area contributed by atoms with Gasteiger partial charge in [-0.1, -0.05) is 11.6 Å². The third-order valence-electron chi connectivity index (χ3n) is 4.30. The summed E-state index contributed by atoms with van der Waals surface area (Å²) in [5, 5.41) is 1.88. The van der Waals surface area contributed by atoms with Crippen molar-refractivity contribution < 1.29 is 26.9 Å². The van der Waals surface area contributed by atoms with Crippen molar-refractivity contribution in [2.45, 2.75) is 36.1 Å². The lowest BCUT2D eigenvalue weighted by Gasteiger charge is -2.43. The van der Waals surface area contributed by atoms with E-state index in [2.05, 4.69) is 10.0 Å². The Morgan fingerprint density at radius 1 is 1.29 bits per heavy atom. The van der Waals surface area contributed by atoms with Crippen LogP contribution in [0.3, 0.4) is 0 Å². The highest BCUT2D eigenvalue weighted by Crippen LogP contribution is 2.45. The molecule has 152 valence electrons. The minimum absolute atomic E-state index is 0.0555. The molecule has 0 spiro atoms. The molecule has 1 heterocycles. The summed E-state index contributed by atoms with van der Waals surface area (Å²) < 4.78 is 69.3. The molecule has 1 fully saturated rings. The number of aryl methyl sites for hydroxylation is 1. The van der Waals surface area contributed by atoms with E-state index in [1.807, 2.05) is 0 Å². The van der Waals surface area contributed by atoms with E-state index in [1.54, 1.807) is 6.92 Å². The van der Waals surface area contributed by atoms with Gasteiger partial charge < -0.3 is 14.4 Å². The van der Waals surface area contributed by atoms with Gasteiger partial charge >= 0.3 is 0 Å². The smallest absolute Gasteiger partial charge is 0.272 e. The molecule has 1 atom stereocenters. The Morgan fingerprint density at radius 3 is 2.50 bits per heavy atom. The minimum atomic E-state index is -2.78. The van der Waals surface area contributed by atoms with E-state index in [4.69, 9.17) is 11.6 Å². The second-order valence-corrected chi connectivity index (χ2v) is 8.64. The van der Waals surface area contributed by atoms with Crippen LogP contribution in [0.25, 0.3) is 0 Å². The Hall–Kier alpha value is -1.75. The molecule has 1 aromatic carbocycles. The van der Waals surface area contributed by atoms with E-state index < -0.39 is 58.2 Å². The average molecular weight is 438 g/mol. The van der Waals surface area contributed by atoms with Crippen LogP contribution in [0.5, 0.6) is 0 Å². The van der Waals surface area contributed by atoms with E-state index in [9.17, 15) is 26.9 Å². The first kappa shape index (κ1) is 21.0. The number of alkyl halides is 2. The molecule has 11 heteroatoms. The Labute approximate surface area is 166 Å². The predicted octanol–water partition coefficient (Wildman–Crippen LogP) is 4.01. The Morgan fingerprint density at radius 2 is 1.93 bits per heavy atom. The Bertz CT molecular complexity index is 906. The van der Waals surface area contributed by atoms with E-state index in [-0.39, 0.29) is 16.3 Å². The van der Waals surface area contributed by atoms with E-state index in [0.717, 1.165) is 12.1 Å². The Kier molecular flexibility index (Phi) is 5.43. The number of anilines is 1. The number of hydrogen-bond acceptors (Lipinski definition) is 3. The van der Waals surface area contributed by atoms with Crippen molar-refractivity contribution >= 4 is 34.6 Å². The number of carbonyl (C=O) groups is 1. The van der Waals surface area contributed by atoms with Crippen molar-refractivity contribution in [2.24, 2.45) is 7.05 Å². The monoisotopic (exact) mass is 437 g/mol. The number of benzene rings is 1. The Balaban J connectivity index is 1.72. The lowest BCUT2D eigenvalue weighted by molar-refractivity contribution is -0.121. The molecule has 0 radical (unpaired) electrons. The molecule has 2 aromatic rings. The number of rotatable bonds is 5. The van der Waals surface area contributed by atoms with Crippen molar-refractivity contribution in [1.29, 1.82) is 0 Å². The zero-order chi connectivity index (χ0) is 20.9. The molecule has 1 saturated carbocycles. The first-order chi connectivity index (χ1) is 12.9. The fourth-order valence-corrected chi connectivity index (χ4v) is 4.52. The maximum absolute atomic E-state index is 13.4. The second kappa shape index (κ2) is 7.25. The van der Waals surface area contributed by atoms with Crippen LogP contribution in [0.1, 0.15) is 30.3 Å². The van der Waals surface area contributed by atoms with Crippen LogP contribution in [-0.2, 0) is 18.4 Å². The van der Waals surface area contributed by atoms with Crippen molar-refractivity contribution in [1.82, 2.24) is 9.29 Å². The highest BCUT2D eigenvalue weighted by atomic mass is 35.5. The zero-order valence-electron chi connectivity index (χ0n) is 14.8. The molecular formula is C17H16ClF4N3O2S. The van der Waals surface area contributed by atoms with Gasteiger partial charge in [0.15, 0.2) is 16.5 Å². The van der Waals surface area contributed by atoms with Crippen LogP contribution in [0.4, 0.5) is 23.2 Å². The highest BCUT2D eigenvalue weighted by Gasteiger charge is 2.56. The van der Waals surface area contributed by atoms with Crippen LogP contribution < -0.4 is 10.0 Å². The molecule has 0 aliphatic heterocycles. The zero-order valence-corrected chi connectivity index (χ0v) is 16.4. The molecule has 3 rings (SSSR count). The first-order valence-electron chi connectivity index (χ1n) is 8.09. The molecule has 2 N–H and O–H groups in total. The van der Waals surface area contributed by atoms with Crippen molar-refractivity contribution in [3.63, 3.8) is 0 Å². The lowest BCUT2D eigenvalue weighted by atomic mass is 9.76. The number of nitrogens with zero attached hydrogens (tertiary/aromatic N) is 1. The molecule has 1 aliphatic rings. The van der Waals surface area contributed by atoms with Crippen LogP contribution in [-0.4, -0.2) is 26.5 Å². The van der Waals surface area contributed by atoms with Gasteiger partial charge in [-0.05, 0) is 13.0 Å². The summed E-state index contributed by atoms with van der Waals surface area (Å²) >= 11 is 3.74. The van der Waals surface area contributed by atoms with Gasteiger partial charge in [-0.15, -0.1) is 4.72 Å². The summed E-state index contributed by atoms with van der Waals surface area (Å²) in [4.78, 5) is 12.6. The SMILES string of the molecule is Cn1cc([S+]([O-])NC2(C)CC(F)(F)C2)cc1C(=O)Nc1cc(F)c(F)c(Cl)c1. The summed E-state index contributed by atoms with van der Waals surface area (Å²) in [6, 6.07) is 3.15. The lowest BCUT2D eigenvalue weighted by Crippen LogP contribution is -2.60. The number of aromatic nitrogens is 1. The molecule has 1 amide bonds. The number of halogens is 5. The summed E-state index contributed by atoms with van der Waals surface area (Å²) in [6.45, 7) is 1.55. The molecule has 5 nitrogen and oxygen atoms in total. The number of nitrogens with one attached hydrogen (secondary N) is 2. The normalized spacial score (nSPS) is 18.4. The van der Waals surface area contributed by atoms with Crippen molar-refractivity contribution in [3.8, 4) is 0 Å². The molecular weight excluding hydrogens is 422 g/mol. The number of amides is 1. The van der Waals surface area contributed by atoms with Crippen LogP contribution in [0.15, 0.2) is 29.3 Å². The standard InChI is InChI=1S/C17H16ClF4N3O2S/c1-16(7-17(21,22)8-16)24-28(27)10-5-13(25(2)6-10)15(26)23-9-3-11(18)14(20)12(19)4-9/h3-6,24H,7-8H2,1-2H3,(H,23,26). The third kappa shape index (κ3) is 4.29. The third-order valence-corrected chi connectivity index (χ3v) is 5.91. The molecule has 0 bridgehead atoms. The molecule has 1 aromatic heterocycles. The average Bonchev–Trinajstić information content (AvgIpc) is 2.92. The van der Waals surface area contributed by atoms with Gasteiger partial charge in [-0.3, -0.25) is 4.79 Å². The van der Waals surface area contributed by atoms with E-state index in [1.165, 1.54) is 23.9 Å². The fourth-order valence-electron chi connectivity index (χ4n) is 3.13. The summed E-state index contributed by atoms with van der Waals surface area (Å²) in [5.41, 5.74) is -0.940. The van der Waals surface area contributed by atoms with Crippen LogP contribution in [0.2, 0.25) is 5.02 Å². The van der Waals surface area contributed by atoms with Gasteiger partial charge in [0.2, 0.25) is 0 Å². The maximum Gasteiger partial charge on any atom is 0.272 e. The summed E-state index contributed by atoms with van der Waals surface area (Å²) in [6.07, 6.45) is 0.558. The maximum atomic E-state index is 13.4. The minimum Gasteiger partial charge on any atom is -0.593 e. The number of hydrogen-bond donors (Lipinski definition) is 2. The van der Waals surface area contributed by atoms with E-state index >= 15 is 0 Å². The van der Waals surface area contributed by atoms with Crippen LogP contribution in [0, 0.1) is 11.6 Å². The van der Waals surface area contributed by atoms with Gasteiger partial charge in [0, 0.05) is 37.7 Å². The molecule has 1 aliphatic carbocycles. The highest BCUT2D eigenvalue weighted by molar-refractivity contribution is 7.89. The topological polar surface area (TPSA) is 69.1 Å². The predicted molar refractivity (Wildman–Crippen MR) is 96.9 cm³/mol. The van der Waals surface area contributed by atoms with Crippen molar-refractivity contribution in [2.75, 3.05) is 5.32 Å². The molecule has 0 saturated heterocycles. The molecule has 28 heavy (non-hydrogen) atoms. The quantitative estimate of drug-likeness (QED) is 0.422. The fraction of sp³-hybridized carbons (Fsp3) is 0.353. The molecule has 1 unspecified atom stereocenters. The summed E-state index contributed by atoms with van der Waals surface area (Å²) in [5.74, 6) is -5.89. The van der Waals surface area contributed by atoms with Gasteiger partial charge in [0.05, 0.1) is 28.1 Å².